The Bertz CT molecular complexity index is 454. The molecular weight excluding hydrogens is 300 g/mol. The van der Waals surface area contributed by atoms with E-state index in [1.807, 2.05) is 0 Å². The van der Waals surface area contributed by atoms with Gasteiger partial charge in [-0.15, -0.1) is 0 Å². The molecule has 0 aromatic heterocycles. The molecular formula is C11H10Cl3NO3. The molecule has 0 heterocycles. The predicted octanol–water partition coefficient (Wildman–Crippen LogP) is 2.75. The number of hydrogen-bond acceptors (Lipinski definition) is 3. The Labute approximate surface area is 119 Å². The maximum absolute atomic E-state index is 11.7. The molecule has 1 rings (SSSR count). The first-order valence-electron chi connectivity index (χ1n) is 4.93. The van der Waals surface area contributed by atoms with Crippen molar-refractivity contribution in [1.82, 2.24) is 5.32 Å². The summed E-state index contributed by atoms with van der Waals surface area (Å²) in [6.07, 6.45) is 0. The summed E-state index contributed by atoms with van der Waals surface area (Å²) in [5, 5.41) is 1.92. The van der Waals surface area contributed by atoms with Gasteiger partial charge in [0.1, 0.15) is 0 Å². The Morgan fingerprint density at radius 3 is 2.28 bits per heavy atom. The zero-order chi connectivity index (χ0) is 13.7. The SMILES string of the molecule is COCCNC(=O)c1cc(Cl)c(C(=O)Cl)c(Cl)c1. The highest BCUT2D eigenvalue weighted by Gasteiger charge is 2.16. The second-order valence-electron chi connectivity index (χ2n) is 3.34. The van der Waals surface area contributed by atoms with Crippen molar-refractivity contribution in [2.24, 2.45) is 0 Å². The van der Waals surface area contributed by atoms with Crippen LogP contribution in [-0.2, 0) is 4.74 Å². The number of methoxy groups -OCH3 is 1. The van der Waals surface area contributed by atoms with Crippen LogP contribution in [0.5, 0.6) is 0 Å². The quantitative estimate of drug-likeness (QED) is 0.672. The number of ether oxygens (including phenoxy) is 1. The van der Waals surface area contributed by atoms with Gasteiger partial charge in [0.2, 0.25) is 0 Å². The first-order chi connectivity index (χ1) is 8.47. The highest BCUT2D eigenvalue weighted by Crippen LogP contribution is 2.28. The topological polar surface area (TPSA) is 55.4 Å². The number of carbonyl (C=O) groups is 2. The van der Waals surface area contributed by atoms with Crippen LogP contribution in [0.1, 0.15) is 20.7 Å². The third-order valence-corrected chi connectivity index (χ3v) is 2.88. The lowest BCUT2D eigenvalue weighted by atomic mass is 10.1. The van der Waals surface area contributed by atoms with Crippen LogP contribution in [0, 0.1) is 0 Å². The Morgan fingerprint density at radius 1 is 1.28 bits per heavy atom. The van der Waals surface area contributed by atoms with Gasteiger partial charge in [-0.25, -0.2) is 0 Å². The summed E-state index contributed by atoms with van der Waals surface area (Å²) in [4.78, 5) is 22.8. The molecule has 18 heavy (non-hydrogen) atoms. The second kappa shape index (κ2) is 6.95. The van der Waals surface area contributed by atoms with Gasteiger partial charge in [0.15, 0.2) is 0 Å². The molecule has 0 atom stereocenters. The maximum Gasteiger partial charge on any atom is 0.255 e. The van der Waals surface area contributed by atoms with Crippen molar-refractivity contribution in [3.8, 4) is 0 Å². The van der Waals surface area contributed by atoms with Gasteiger partial charge in [-0.05, 0) is 23.7 Å². The van der Waals surface area contributed by atoms with Crippen LogP contribution in [0.3, 0.4) is 0 Å². The van der Waals surface area contributed by atoms with Gasteiger partial charge in [-0.1, -0.05) is 23.2 Å². The summed E-state index contributed by atoms with van der Waals surface area (Å²) in [6, 6.07) is 2.68. The van der Waals surface area contributed by atoms with E-state index in [4.69, 9.17) is 39.5 Å². The normalized spacial score (nSPS) is 10.2. The number of halogens is 3. The summed E-state index contributed by atoms with van der Waals surface area (Å²) in [5.74, 6) is -0.357. The second-order valence-corrected chi connectivity index (χ2v) is 4.49. The Kier molecular flexibility index (Phi) is 5.88. The number of nitrogens with one attached hydrogen (secondary N) is 1. The van der Waals surface area contributed by atoms with E-state index >= 15 is 0 Å². The summed E-state index contributed by atoms with van der Waals surface area (Å²) in [5.41, 5.74) is 0.246. The van der Waals surface area contributed by atoms with Crippen LogP contribution in [0.15, 0.2) is 12.1 Å². The van der Waals surface area contributed by atoms with E-state index in [2.05, 4.69) is 5.32 Å². The van der Waals surface area contributed by atoms with Crippen molar-refractivity contribution >= 4 is 46.0 Å². The minimum Gasteiger partial charge on any atom is -0.383 e. The van der Waals surface area contributed by atoms with E-state index < -0.39 is 5.24 Å². The van der Waals surface area contributed by atoms with Crippen LogP contribution in [0.25, 0.3) is 0 Å². The van der Waals surface area contributed by atoms with E-state index in [-0.39, 0.29) is 27.1 Å². The molecule has 98 valence electrons. The van der Waals surface area contributed by atoms with E-state index in [0.717, 1.165) is 0 Å². The average molecular weight is 311 g/mol. The molecule has 0 saturated carbocycles. The van der Waals surface area contributed by atoms with Crippen molar-refractivity contribution < 1.29 is 14.3 Å². The van der Waals surface area contributed by atoms with Crippen molar-refractivity contribution in [2.75, 3.05) is 20.3 Å². The van der Waals surface area contributed by atoms with Gasteiger partial charge >= 0.3 is 0 Å². The van der Waals surface area contributed by atoms with Crippen molar-refractivity contribution in [3.05, 3.63) is 33.3 Å². The smallest absolute Gasteiger partial charge is 0.255 e. The lowest BCUT2D eigenvalue weighted by Gasteiger charge is -2.07. The highest BCUT2D eigenvalue weighted by molar-refractivity contribution is 6.70. The molecule has 7 heteroatoms. The van der Waals surface area contributed by atoms with Crippen LogP contribution < -0.4 is 5.32 Å². The fraction of sp³-hybridized carbons (Fsp3) is 0.273. The van der Waals surface area contributed by atoms with Gasteiger partial charge in [0.25, 0.3) is 11.1 Å². The number of hydrogen-bond donors (Lipinski definition) is 1. The van der Waals surface area contributed by atoms with Crippen LogP contribution in [0.4, 0.5) is 0 Å². The van der Waals surface area contributed by atoms with Gasteiger partial charge in [0.05, 0.1) is 22.2 Å². The summed E-state index contributed by atoms with van der Waals surface area (Å²) >= 11 is 17.0. The van der Waals surface area contributed by atoms with E-state index in [0.29, 0.717) is 13.2 Å². The summed E-state index contributed by atoms with van der Waals surface area (Å²) in [6.45, 7) is 0.756. The number of benzene rings is 1. The molecule has 0 bridgehead atoms. The molecule has 0 aliphatic heterocycles. The average Bonchev–Trinajstić information content (AvgIpc) is 2.27. The van der Waals surface area contributed by atoms with Crippen LogP contribution >= 0.6 is 34.8 Å². The third kappa shape index (κ3) is 3.85. The Balaban J connectivity index is 2.92. The first kappa shape index (κ1) is 15.2. The van der Waals surface area contributed by atoms with Gasteiger partial charge in [-0.2, -0.15) is 0 Å². The minimum absolute atomic E-state index is 0.00607. The van der Waals surface area contributed by atoms with Crippen LogP contribution in [-0.4, -0.2) is 31.4 Å². The number of amides is 1. The Hall–Kier alpha value is -0.810. The molecule has 0 aliphatic carbocycles. The number of rotatable bonds is 5. The fourth-order valence-electron chi connectivity index (χ4n) is 1.26. The molecule has 0 aliphatic rings. The highest BCUT2D eigenvalue weighted by atomic mass is 35.5. The molecule has 1 amide bonds. The van der Waals surface area contributed by atoms with Gasteiger partial charge < -0.3 is 10.1 Å². The van der Waals surface area contributed by atoms with E-state index in [9.17, 15) is 9.59 Å². The summed E-state index contributed by atoms with van der Waals surface area (Å²) in [7, 11) is 1.53. The lowest BCUT2D eigenvalue weighted by molar-refractivity contribution is 0.0936. The maximum atomic E-state index is 11.7. The Morgan fingerprint density at radius 2 is 1.83 bits per heavy atom. The van der Waals surface area contributed by atoms with Gasteiger partial charge in [0, 0.05) is 19.2 Å². The molecule has 1 aromatic carbocycles. The van der Waals surface area contributed by atoms with Crippen molar-refractivity contribution in [2.45, 2.75) is 0 Å². The lowest BCUT2D eigenvalue weighted by Crippen LogP contribution is -2.27. The summed E-state index contributed by atoms with van der Waals surface area (Å²) < 4.78 is 4.80. The molecule has 1 aromatic rings. The third-order valence-electron chi connectivity index (χ3n) is 2.09. The van der Waals surface area contributed by atoms with E-state index in [1.165, 1.54) is 19.2 Å². The fourth-order valence-corrected chi connectivity index (χ4v) is 2.22. The molecule has 0 radical (unpaired) electrons. The zero-order valence-corrected chi connectivity index (χ0v) is 11.7. The molecule has 0 unspecified atom stereocenters. The van der Waals surface area contributed by atoms with E-state index in [1.54, 1.807) is 0 Å². The predicted molar refractivity (Wildman–Crippen MR) is 70.9 cm³/mol. The minimum atomic E-state index is -0.767. The van der Waals surface area contributed by atoms with Crippen molar-refractivity contribution in [1.29, 1.82) is 0 Å². The standard InChI is InChI=1S/C11H10Cl3NO3/c1-18-3-2-15-11(17)6-4-7(12)9(10(14)16)8(13)5-6/h4-5H,2-3H2,1H3,(H,15,17). The number of carbonyl (C=O) groups excluding carboxylic acids is 2. The zero-order valence-electron chi connectivity index (χ0n) is 9.43. The monoisotopic (exact) mass is 309 g/mol. The van der Waals surface area contributed by atoms with Crippen molar-refractivity contribution in [3.63, 3.8) is 0 Å². The molecule has 0 fully saturated rings. The molecule has 0 spiro atoms. The molecule has 1 N–H and O–H groups in total. The molecule has 4 nitrogen and oxygen atoms in total. The molecule has 0 saturated heterocycles. The first-order valence-corrected chi connectivity index (χ1v) is 6.06. The van der Waals surface area contributed by atoms with Crippen LogP contribution in [0.2, 0.25) is 10.0 Å². The van der Waals surface area contributed by atoms with Gasteiger partial charge in [-0.3, -0.25) is 9.59 Å². The largest absolute Gasteiger partial charge is 0.383 e.